The van der Waals surface area contributed by atoms with Gasteiger partial charge in [-0.15, -0.1) is 0 Å². The summed E-state index contributed by atoms with van der Waals surface area (Å²) in [5, 5.41) is 0. The first-order valence-electron chi connectivity index (χ1n) is 9.81. The lowest BCUT2D eigenvalue weighted by Gasteiger charge is -2.19. The fourth-order valence-corrected chi connectivity index (χ4v) is 3.90. The van der Waals surface area contributed by atoms with E-state index in [0.29, 0.717) is 0 Å². The Bertz CT molecular complexity index is 1040. The highest BCUT2D eigenvalue weighted by Crippen LogP contribution is 2.25. The number of ether oxygens (including phenoxy) is 2. The van der Waals surface area contributed by atoms with Crippen LogP contribution in [0, 0.1) is 0 Å². The van der Waals surface area contributed by atoms with Gasteiger partial charge in [-0.05, 0) is 35.4 Å². The highest BCUT2D eigenvalue weighted by atomic mass is 32.2. The zero-order valence-electron chi connectivity index (χ0n) is 17.5. The lowest BCUT2D eigenvalue weighted by Crippen LogP contribution is -2.22. The molecule has 0 aliphatic rings. The molecule has 6 nitrogen and oxygen atoms in total. The maximum absolute atomic E-state index is 12.3. The van der Waals surface area contributed by atoms with Crippen molar-refractivity contribution in [3.8, 4) is 0 Å². The molecule has 0 atom stereocenters. The molecule has 0 N–H and O–H groups in total. The summed E-state index contributed by atoms with van der Waals surface area (Å²) in [6, 6.07) is 25.3. The van der Waals surface area contributed by atoms with Gasteiger partial charge in [0, 0.05) is 14.1 Å². The number of esters is 1. The molecular weight excluding hydrogens is 414 g/mol. The molecular formula is C24H25NO5S. The summed E-state index contributed by atoms with van der Waals surface area (Å²) in [5.74, 6) is -0.534. The van der Waals surface area contributed by atoms with Crippen LogP contribution in [0.1, 0.15) is 27.6 Å². The van der Waals surface area contributed by atoms with Crippen LogP contribution < -0.4 is 0 Å². The van der Waals surface area contributed by atoms with Gasteiger partial charge in [0.05, 0.1) is 17.1 Å². The molecule has 0 aliphatic carbocycles. The van der Waals surface area contributed by atoms with Gasteiger partial charge in [-0.25, -0.2) is 17.5 Å². The minimum Gasteiger partial charge on any atom is -0.460 e. The zero-order chi connectivity index (χ0) is 22.3. The predicted molar refractivity (Wildman–Crippen MR) is 118 cm³/mol. The summed E-state index contributed by atoms with van der Waals surface area (Å²) in [6.45, 7) is 0.292. The second-order valence-electron chi connectivity index (χ2n) is 7.02. The van der Waals surface area contributed by atoms with Crippen LogP contribution in [-0.2, 0) is 19.5 Å². The minimum absolute atomic E-state index is 0.0761. The molecule has 7 heteroatoms. The molecule has 0 bridgehead atoms. The molecule has 3 aromatic rings. The molecule has 31 heavy (non-hydrogen) atoms. The third-order valence-electron chi connectivity index (χ3n) is 4.67. The van der Waals surface area contributed by atoms with Gasteiger partial charge in [-0.3, -0.25) is 0 Å². The van der Waals surface area contributed by atoms with E-state index in [1.54, 1.807) is 0 Å². The van der Waals surface area contributed by atoms with Gasteiger partial charge in [0.15, 0.2) is 0 Å². The lowest BCUT2D eigenvalue weighted by atomic mass is 10.0. The molecule has 0 fully saturated rings. The quantitative estimate of drug-likeness (QED) is 0.373. The highest BCUT2D eigenvalue weighted by Gasteiger charge is 2.18. The fourth-order valence-electron chi connectivity index (χ4n) is 3.00. The van der Waals surface area contributed by atoms with Crippen LogP contribution in [0.2, 0.25) is 0 Å². The molecule has 0 aromatic heterocycles. The van der Waals surface area contributed by atoms with E-state index in [1.807, 2.05) is 60.7 Å². The zero-order valence-corrected chi connectivity index (χ0v) is 18.3. The smallest absolute Gasteiger partial charge is 0.338 e. The monoisotopic (exact) mass is 439 g/mol. The minimum atomic E-state index is -3.54. The molecule has 0 radical (unpaired) electrons. The van der Waals surface area contributed by atoms with Gasteiger partial charge in [-0.2, -0.15) is 0 Å². The molecule has 0 saturated carbocycles. The molecule has 0 aliphatic heterocycles. The Kier molecular flexibility index (Phi) is 7.57. The number of sulfonamides is 1. The van der Waals surface area contributed by atoms with E-state index in [4.69, 9.17) is 9.47 Å². The number of hydrogen-bond acceptors (Lipinski definition) is 5. The number of benzene rings is 3. The molecule has 3 aromatic carbocycles. The maximum Gasteiger partial charge on any atom is 0.338 e. The molecule has 3 rings (SSSR count). The SMILES string of the molecule is CN(C)S(=O)(=O)c1ccc(C(=O)OCCOC(c2ccccc2)c2ccccc2)cc1. The molecule has 162 valence electrons. The Hall–Kier alpha value is -3.00. The van der Waals surface area contributed by atoms with Crippen molar-refractivity contribution in [1.82, 2.24) is 4.31 Å². The van der Waals surface area contributed by atoms with E-state index in [0.717, 1.165) is 15.4 Å². The van der Waals surface area contributed by atoms with Crippen LogP contribution in [0.3, 0.4) is 0 Å². The second-order valence-corrected chi connectivity index (χ2v) is 9.17. The van der Waals surface area contributed by atoms with Crippen LogP contribution in [0.25, 0.3) is 0 Å². The van der Waals surface area contributed by atoms with Crippen molar-refractivity contribution in [3.05, 3.63) is 102 Å². The van der Waals surface area contributed by atoms with Crippen molar-refractivity contribution < 1.29 is 22.7 Å². The van der Waals surface area contributed by atoms with E-state index in [2.05, 4.69) is 0 Å². The Morgan fingerprint density at radius 2 is 1.32 bits per heavy atom. The third-order valence-corrected chi connectivity index (χ3v) is 6.50. The first-order valence-corrected chi connectivity index (χ1v) is 11.2. The van der Waals surface area contributed by atoms with Crippen molar-refractivity contribution >= 4 is 16.0 Å². The van der Waals surface area contributed by atoms with Gasteiger partial charge < -0.3 is 9.47 Å². The average molecular weight is 440 g/mol. The molecule has 0 saturated heterocycles. The largest absolute Gasteiger partial charge is 0.460 e. The van der Waals surface area contributed by atoms with Crippen molar-refractivity contribution in [1.29, 1.82) is 0 Å². The summed E-state index contributed by atoms with van der Waals surface area (Å²) in [5.41, 5.74) is 2.30. The predicted octanol–water partition coefficient (Wildman–Crippen LogP) is 3.90. The standard InChI is InChI=1S/C24H25NO5S/c1-25(2)31(27,28)22-15-13-21(14-16-22)24(26)30-18-17-29-23(19-9-5-3-6-10-19)20-11-7-4-8-12-20/h3-16,23H,17-18H2,1-2H3. The number of carbonyl (C=O) groups excluding carboxylic acids is 1. The van der Waals surface area contributed by atoms with E-state index in [1.165, 1.54) is 38.4 Å². The van der Waals surface area contributed by atoms with E-state index in [-0.39, 0.29) is 29.8 Å². The molecule has 0 amide bonds. The molecule has 0 spiro atoms. The number of carbonyl (C=O) groups is 1. The number of rotatable bonds is 9. The first kappa shape index (κ1) is 22.7. The molecule has 0 unspecified atom stereocenters. The van der Waals surface area contributed by atoms with Crippen LogP contribution in [0.15, 0.2) is 89.8 Å². The summed E-state index contributed by atoms with van der Waals surface area (Å²) in [7, 11) is -0.633. The van der Waals surface area contributed by atoms with Crippen LogP contribution in [0.4, 0.5) is 0 Å². The van der Waals surface area contributed by atoms with Gasteiger partial charge in [0.1, 0.15) is 12.7 Å². The van der Waals surface area contributed by atoms with Crippen LogP contribution in [-0.4, -0.2) is 46.0 Å². The molecule has 0 heterocycles. The second kappa shape index (κ2) is 10.3. The first-order chi connectivity index (χ1) is 14.9. The van der Waals surface area contributed by atoms with Crippen molar-refractivity contribution in [3.63, 3.8) is 0 Å². The normalized spacial score (nSPS) is 11.6. The van der Waals surface area contributed by atoms with Crippen LogP contribution in [0.5, 0.6) is 0 Å². The summed E-state index contributed by atoms with van der Waals surface area (Å²) >= 11 is 0. The Morgan fingerprint density at radius 1 is 0.806 bits per heavy atom. The van der Waals surface area contributed by atoms with Crippen molar-refractivity contribution in [2.75, 3.05) is 27.3 Å². The summed E-state index contributed by atoms with van der Waals surface area (Å²) < 4.78 is 36.7. The highest BCUT2D eigenvalue weighted by molar-refractivity contribution is 7.89. The lowest BCUT2D eigenvalue weighted by molar-refractivity contribution is 0.0179. The van der Waals surface area contributed by atoms with Gasteiger partial charge >= 0.3 is 5.97 Å². The van der Waals surface area contributed by atoms with Gasteiger partial charge in [-0.1, -0.05) is 60.7 Å². The van der Waals surface area contributed by atoms with Gasteiger partial charge in [0.2, 0.25) is 10.0 Å². The van der Waals surface area contributed by atoms with E-state index in [9.17, 15) is 13.2 Å². The fraction of sp³-hybridized carbons (Fsp3) is 0.208. The van der Waals surface area contributed by atoms with Gasteiger partial charge in [0.25, 0.3) is 0 Å². The summed E-state index contributed by atoms with van der Waals surface area (Å²) in [4.78, 5) is 12.4. The number of hydrogen-bond donors (Lipinski definition) is 0. The average Bonchev–Trinajstić information content (AvgIpc) is 2.80. The topological polar surface area (TPSA) is 72.9 Å². The van der Waals surface area contributed by atoms with Crippen LogP contribution >= 0.6 is 0 Å². The van der Waals surface area contributed by atoms with Crippen molar-refractivity contribution in [2.45, 2.75) is 11.0 Å². The Labute approximate surface area is 183 Å². The van der Waals surface area contributed by atoms with Crippen molar-refractivity contribution in [2.24, 2.45) is 0 Å². The summed E-state index contributed by atoms with van der Waals surface area (Å²) in [6.07, 6.45) is -0.267. The Morgan fingerprint density at radius 3 is 1.81 bits per heavy atom. The Balaban J connectivity index is 1.58. The third kappa shape index (κ3) is 5.79. The van der Waals surface area contributed by atoms with E-state index < -0.39 is 16.0 Å². The van der Waals surface area contributed by atoms with E-state index >= 15 is 0 Å². The maximum atomic E-state index is 12.3. The number of nitrogens with zero attached hydrogens (tertiary/aromatic N) is 1.